The highest BCUT2D eigenvalue weighted by molar-refractivity contribution is 8.19. The molecule has 7 heteroatoms. The van der Waals surface area contributed by atoms with E-state index >= 15 is 0 Å². The van der Waals surface area contributed by atoms with Crippen LogP contribution in [0, 0.1) is 27.7 Å². The van der Waals surface area contributed by atoms with Crippen LogP contribution in [0.2, 0.25) is 5.02 Å². The molecule has 0 unspecified atom stereocenters. The largest absolute Gasteiger partial charge is 0.504 e. The topological polar surface area (TPSA) is 62.1 Å². The molecular weight excluding hydrogens is 468 g/mol. The number of carbonyl (C=O) groups is 1. The lowest BCUT2D eigenvalue weighted by atomic mass is 10.1. The van der Waals surface area contributed by atoms with Crippen LogP contribution in [0.15, 0.2) is 58.4 Å². The molecule has 0 aromatic heterocycles. The maximum absolute atomic E-state index is 13.6. The molecule has 4 rings (SSSR count). The molecule has 3 aromatic carbocycles. The number of phenols is 1. The number of anilines is 1. The Morgan fingerprint density at radius 2 is 1.65 bits per heavy atom. The molecule has 0 spiro atoms. The van der Waals surface area contributed by atoms with Crippen molar-refractivity contribution in [1.29, 1.82) is 0 Å². The van der Waals surface area contributed by atoms with Gasteiger partial charge in [0, 0.05) is 16.7 Å². The minimum Gasteiger partial charge on any atom is -0.504 e. The SMILES string of the molecule is COc1cc(Cl)cc(C=C2SC(=Nc3ccc(C)c(C)c3)N(c3ccc(C)c(C)c3)C2=O)c1O. The average molecular weight is 493 g/mol. The van der Waals surface area contributed by atoms with Crippen LogP contribution in [0.5, 0.6) is 11.5 Å². The first-order chi connectivity index (χ1) is 16.2. The van der Waals surface area contributed by atoms with Gasteiger partial charge in [-0.25, -0.2) is 4.99 Å². The van der Waals surface area contributed by atoms with E-state index in [1.165, 1.54) is 30.5 Å². The van der Waals surface area contributed by atoms with Crippen molar-refractivity contribution < 1.29 is 14.6 Å². The number of amides is 1. The van der Waals surface area contributed by atoms with Crippen molar-refractivity contribution in [3.05, 3.63) is 86.3 Å². The number of halogens is 1. The molecule has 0 bridgehead atoms. The highest BCUT2D eigenvalue weighted by Gasteiger charge is 2.35. The van der Waals surface area contributed by atoms with Gasteiger partial charge < -0.3 is 9.84 Å². The second-order valence-corrected chi connectivity index (χ2v) is 9.67. The summed E-state index contributed by atoms with van der Waals surface area (Å²) in [5.74, 6) is -0.0657. The van der Waals surface area contributed by atoms with Crippen LogP contribution < -0.4 is 9.64 Å². The summed E-state index contributed by atoms with van der Waals surface area (Å²) in [6.45, 7) is 8.13. The molecule has 0 radical (unpaired) electrons. The van der Waals surface area contributed by atoms with E-state index in [9.17, 15) is 9.90 Å². The second-order valence-electron chi connectivity index (χ2n) is 8.23. The van der Waals surface area contributed by atoms with E-state index < -0.39 is 0 Å². The molecule has 0 aliphatic carbocycles. The summed E-state index contributed by atoms with van der Waals surface area (Å²) in [4.78, 5) is 20.4. The van der Waals surface area contributed by atoms with Crippen LogP contribution in [0.25, 0.3) is 6.08 Å². The second kappa shape index (κ2) is 9.57. The van der Waals surface area contributed by atoms with E-state index in [2.05, 4.69) is 0 Å². The molecular formula is C27H25ClN2O3S. The van der Waals surface area contributed by atoms with Crippen molar-refractivity contribution >= 4 is 51.9 Å². The van der Waals surface area contributed by atoms with Crippen LogP contribution in [0.1, 0.15) is 27.8 Å². The van der Waals surface area contributed by atoms with E-state index in [0.29, 0.717) is 20.7 Å². The number of thioether (sulfide) groups is 1. The Balaban J connectivity index is 1.84. The number of amidine groups is 1. The fourth-order valence-electron chi connectivity index (χ4n) is 3.55. The normalized spacial score (nSPS) is 16.1. The lowest BCUT2D eigenvalue weighted by Crippen LogP contribution is -2.28. The lowest BCUT2D eigenvalue weighted by Gasteiger charge is -2.17. The Kier molecular flexibility index (Phi) is 6.73. The summed E-state index contributed by atoms with van der Waals surface area (Å²) < 4.78 is 5.20. The molecule has 3 aromatic rings. The number of phenolic OH excluding ortho intramolecular Hbond substituents is 1. The zero-order valence-corrected chi connectivity index (χ0v) is 21.2. The van der Waals surface area contributed by atoms with Crippen molar-refractivity contribution in [1.82, 2.24) is 0 Å². The van der Waals surface area contributed by atoms with Gasteiger partial charge in [-0.3, -0.25) is 9.69 Å². The molecule has 1 heterocycles. The molecule has 1 fully saturated rings. The molecule has 0 atom stereocenters. The highest BCUT2D eigenvalue weighted by atomic mass is 35.5. The molecule has 0 saturated carbocycles. The number of ether oxygens (including phenoxy) is 1. The van der Waals surface area contributed by atoms with E-state index in [0.717, 1.165) is 28.1 Å². The summed E-state index contributed by atoms with van der Waals surface area (Å²) in [5, 5.41) is 11.5. The number of hydrogen-bond acceptors (Lipinski definition) is 5. The van der Waals surface area contributed by atoms with Gasteiger partial charge in [0.1, 0.15) is 0 Å². The first-order valence-electron chi connectivity index (χ1n) is 10.7. The Bertz CT molecular complexity index is 1360. The third kappa shape index (κ3) is 4.69. The molecule has 174 valence electrons. The van der Waals surface area contributed by atoms with Crippen LogP contribution in [0.3, 0.4) is 0 Å². The predicted octanol–water partition coefficient (Wildman–Crippen LogP) is 7.10. The van der Waals surface area contributed by atoms with Gasteiger partial charge >= 0.3 is 0 Å². The van der Waals surface area contributed by atoms with Crippen LogP contribution in [-0.4, -0.2) is 23.3 Å². The predicted molar refractivity (Wildman–Crippen MR) is 142 cm³/mol. The molecule has 5 nitrogen and oxygen atoms in total. The molecule has 1 N–H and O–H groups in total. The molecule has 1 aliphatic rings. The maximum Gasteiger partial charge on any atom is 0.271 e. The quantitative estimate of drug-likeness (QED) is 0.394. The van der Waals surface area contributed by atoms with E-state index in [-0.39, 0.29) is 17.4 Å². The van der Waals surface area contributed by atoms with Gasteiger partial charge in [0.25, 0.3) is 5.91 Å². The van der Waals surface area contributed by atoms with E-state index in [1.54, 1.807) is 17.0 Å². The van der Waals surface area contributed by atoms with Crippen LogP contribution >= 0.6 is 23.4 Å². The van der Waals surface area contributed by atoms with Crippen molar-refractivity contribution in [2.24, 2.45) is 4.99 Å². The third-order valence-electron chi connectivity index (χ3n) is 5.85. The molecule has 1 aliphatic heterocycles. The number of methoxy groups -OCH3 is 1. The minimum absolute atomic E-state index is 0.0786. The summed E-state index contributed by atoms with van der Waals surface area (Å²) in [6, 6.07) is 15.0. The zero-order valence-electron chi connectivity index (χ0n) is 19.6. The van der Waals surface area contributed by atoms with E-state index in [4.69, 9.17) is 21.3 Å². The van der Waals surface area contributed by atoms with E-state index in [1.807, 2.05) is 64.1 Å². The summed E-state index contributed by atoms with van der Waals surface area (Å²) in [6.07, 6.45) is 1.62. The molecule has 34 heavy (non-hydrogen) atoms. The first-order valence-corrected chi connectivity index (χ1v) is 11.9. The summed E-state index contributed by atoms with van der Waals surface area (Å²) >= 11 is 7.45. The monoisotopic (exact) mass is 492 g/mol. The van der Waals surface area contributed by atoms with Crippen molar-refractivity contribution in [2.45, 2.75) is 27.7 Å². The average Bonchev–Trinajstić information content (AvgIpc) is 3.09. The zero-order chi connectivity index (χ0) is 24.6. The van der Waals surface area contributed by atoms with Crippen molar-refractivity contribution in [3.63, 3.8) is 0 Å². The minimum atomic E-state index is -0.228. The third-order valence-corrected chi connectivity index (χ3v) is 7.03. The first kappa shape index (κ1) is 23.9. The van der Waals surface area contributed by atoms with Gasteiger partial charge in [0.2, 0.25) is 0 Å². The van der Waals surface area contributed by atoms with Gasteiger partial charge in [-0.2, -0.15) is 0 Å². The Morgan fingerprint density at radius 1 is 0.971 bits per heavy atom. The summed E-state index contributed by atoms with van der Waals surface area (Å²) in [7, 11) is 1.45. The Hall–Kier alpha value is -3.22. The highest BCUT2D eigenvalue weighted by Crippen LogP contribution is 2.41. The van der Waals surface area contributed by atoms with Crippen molar-refractivity contribution in [2.75, 3.05) is 12.0 Å². The Morgan fingerprint density at radius 3 is 2.29 bits per heavy atom. The number of nitrogens with zero attached hydrogens (tertiary/aromatic N) is 2. The maximum atomic E-state index is 13.6. The number of hydrogen-bond donors (Lipinski definition) is 1. The van der Waals surface area contributed by atoms with Crippen LogP contribution in [0.4, 0.5) is 11.4 Å². The van der Waals surface area contributed by atoms with Gasteiger partial charge in [-0.15, -0.1) is 0 Å². The smallest absolute Gasteiger partial charge is 0.271 e. The number of aryl methyl sites for hydroxylation is 4. The number of rotatable bonds is 4. The fourth-order valence-corrected chi connectivity index (χ4v) is 4.76. The molecule has 1 saturated heterocycles. The number of aromatic hydroxyl groups is 1. The fraction of sp³-hybridized carbons (Fsp3) is 0.185. The number of benzene rings is 3. The lowest BCUT2D eigenvalue weighted by molar-refractivity contribution is -0.113. The number of carbonyl (C=O) groups excluding carboxylic acids is 1. The van der Waals surface area contributed by atoms with Gasteiger partial charge in [0.05, 0.1) is 23.4 Å². The Labute approximate surface area is 208 Å². The van der Waals surface area contributed by atoms with Gasteiger partial charge in [-0.1, -0.05) is 23.7 Å². The van der Waals surface area contributed by atoms with Gasteiger partial charge in [-0.05, 0) is 98.1 Å². The van der Waals surface area contributed by atoms with Gasteiger partial charge in [0.15, 0.2) is 16.7 Å². The summed E-state index contributed by atoms with van der Waals surface area (Å²) in [5.41, 5.74) is 6.42. The van der Waals surface area contributed by atoms with Crippen molar-refractivity contribution in [3.8, 4) is 11.5 Å². The molecule has 1 amide bonds. The standard InChI is InChI=1S/C27H25ClN2O3S/c1-15-6-8-21(10-17(15)3)29-27-30(22-9-7-16(2)18(4)11-22)26(32)24(34-27)13-19-12-20(28)14-23(33-5)25(19)31/h6-14,31H,1-5H3. The number of aliphatic imine (C=N–C) groups is 1. The van der Waals surface area contributed by atoms with Crippen LogP contribution in [-0.2, 0) is 4.79 Å².